The van der Waals surface area contributed by atoms with Crippen molar-refractivity contribution in [3.8, 4) is 5.75 Å². The zero-order chi connectivity index (χ0) is 25.4. The molecule has 0 atom stereocenters. The Morgan fingerprint density at radius 2 is 1.54 bits per heavy atom. The van der Waals surface area contributed by atoms with E-state index in [1.807, 2.05) is 32.0 Å². The number of nitrogens with zero attached hydrogens (tertiary/aromatic N) is 1. The van der Waals surface area contributed by atoms with Crippen molar-refractivity contribution >= 4 is 27.9 Å². The fourth-order valence-corrected chi connectivity index (χ4v) is 5.26. The molecule has 1 N–H and O–H groups in total. The summed E-state index contributed by atoms with van der Waals surface area (Å²) in [5, 5.41) is 3.16. The molecule has 2 aliphatic rings. The van der Waals surface area contributed by atoms with E-state index in [0.29, 0.717) is 29.1 Å². The number of carbonyl (C=O) groups is 2. The molecule has 0 aromatic heterocycles. The van der Waals surface area contributed by atoms with Crippen LogP contribution in [0.25, 0.3) is 0 Å². The van der Waals surface area contributed by atoms with Crippen molar-refractivity contribution in [2.24, 2.45) is 0 Å². The fourth-order valence-electron chi connectivity index (χ4n) is 4.74. The van der Waals surface area contributed by atoms with Crippen LogP contribution in [0.15, 0.2) is 45.2 Å². The zero-order valence-corrected chi connectivity index (χ0v) is 22.8. The second-order valence-corrected chi connectivity index (χ2v) is 9.72. The SMILES string of the molecule is CCOC(=O)C1=C(C)NC(C)=C(C(=O)OCC)C1c1ccc(OCCN2CCCCCC2)c(Br)c1. The van der Waals surface area contributed by atoms with Crippen molar-refractivity contribution in [2.45, 2.75) is 59.3 Å². The van der Waals surface area contributed by atoms with E-state index in [1.54, 1.807) is 13.8 Å². The first kappa shape index (κ1) is 27.3. The number of likely N-dealkylation sites (tertiary alicyclic amines) is 1. The van der Waals surface area contributed by atoms with Crippen molar-refractivity contribution in [3.05, 3.63) is 50.8 Å². The molecular weight excluding hydrogens is 512 g/mol. The van der Waals surface area contributed by atoms with Crippen LogP contribution in [0.5, 0.6) is 5.75 Å². The van der Waals surface area contributed by atoms with Crippen molar-refractivity contribution in [1.29, 1.82) is 0 Å². The highest BCUT2D eigenvalue weighted by Crippen LogP contribution is 2.41. The van der Waals surface area contributed by atoms with Crippen LogP contribution in [-0.4, -0.2) is 56.3 Å². The number of allylic oxidation sites excluding steroid dienone is 2. The monoisotopic (exact) mass is 548 g/mol. The first-order valence-electron chi connectivity index (χ1n) is 12.5. The Labute approximate surface area is 217 Å². The second kappa shape index (κ2) is 13.1. The number of carbonyl (C=O) groups excluding carboxylic acids is 2. The molecule has 1 aromatic carbocycles. The first-order chi connectivity index (χ1) is 16.9. The Balaban J connectivity index is 1.86. The van der Waals surface area contributed by atoms with Crippen LogP contribution >= 0.6 is 15.9 Å². The predicted molar refractivity (Wildman–Crippen MR) is 139 cm³/mol. The van der Waals surface area contributed by atoms with E-state index in [-0.39, 0.29) is 13.2 Å². The van der Waals surface area contributed by atoms with E-state index < -0.39 is 17.9 Å². The van der Waals surface area contributed by atoms with Crippen molar-refractivity contribution in [2.75, 3.05) is 39.5 Å². The second-order valence-electron chi connectivity index (χ2n) is 8.87. The van der Waals surface area contributed by atoms with Gasteiger partial charge in [-0.3, -0.25) is 4.90 Å². The smallest absolute Gasteiger partial charge is 0.336 e. The molecule has 0 spiro atoms. The average Bonchev–Trinajstić information content (AvgIpc) is 3.08. The third-order valence-electron chi connectivity index (χ3n) is 6.40. The largest absolute Gasteiger partial charge is 0.491 e. The average molecular weight is 550 g/mol. The van der Waals surface area contributed by atoms with Gasteiger partial charge >= 0.3 is 11.9 Å². The molecule has 35 heavy (non-hydrogen) atoms. The fraction of sp³-hybridized carbons (Fsp3) is 0.556. The van der Waals surface area contributed by atoms with Crippen molar-refractivity contribution in [1.82, 2.24) is 10.2 Å². The number of nitrogens with one attached hydrogen (secondary N) is 1. The van der Waals surface area contributed by atoms with Gasteiger partial charge in [-0.05, 0) is 87.3 Å². The number of ether oxygens (including phenoxy) is 3. The lowest BCUT2D eigenvalue weighted by Crippen LogP contribution is -2.32. The third-order valence-corrected chi connectivity index (χ3v) is 7.02. The number of benzene rings is 1. The van der Waals surface area contributed by atoms with E-state index in [1.165, 1.54) is 25.7 Å². The van der Waals surface area contributed by atoms with Gasteiger partial charge in [0.15, 0.2) is 0 Å². The van der Waals surface area contributed by atoms with Crippen LogP contribution < -0.4 is 10.1 Å². The zero-order valence-electron chi connectivity index (χ0n) is 21.2. The van der Waals surface area contributed by atoms with Crippen molar-refractivity contribution in [3.63, 3.8) is 0 Å². The van der Waals surface area contributed by atoms with E-state index in [0.717, 1.165) is 35.4 Å². The molecular formula is C27H37BrN2O5. The maximum absolute atomic E-state index is 13.0. The summed E-state index contributed by atoms with van der Waals surface area (Å²) in [5.41, 5.74) is 2.91. The molecule has 0 bridgehead atoms. The van der Waals surface area contributed by atoms with Crippen molar-refractivity contribution < 1.29 is 23.8 Å². The number of rotatable bonds is 9. The lowest BCUT2D eigenvalue weighted by atomic mass is 9.80. The quantitative estimate of drug-likeness (QED) is 0.432. The van der Waals surface area contributed by atoms with Gasteiger partial charge in [-0.1, -0.05) is 18.9 Å². The molecule has 0 amide bonds. The first-order valence-corrected chi connectivity index (χ1v) is 13.3. The Morgan fingerprint density at radius 1 is 0.971 bits per heavy atom. The summed E-state index contributed by atoms with van der Waals surface area (Å²) >= 11 is 3.64. The highest BCUT2D eigenvalue weighted by molar-refractivity contribution is 9.10. The van der Waals surface area contributed by atoms with Gasteiger partial charge in [-0.25, -0.2) is 9.59 Å². The van der Waals surface area contributed by atoms with Crippen LogP contribution in [-0.2, 0) is 19.1 Å². The van der Waals surface area contributed by atoms with Gasteiger partial charge in [0, 0.05) is 17.9 Å². The van der Waals surface area contributed by atoms with Gasteiger partial charge in [0.2, 0.25) is 0 Å². The Kier molecular flexibility index (Phi) is 10.2. The highest BCUT2D eigenvalue weighted by atomic mass is 79.9. The Hall–Kier alpha value is -2.32. The van der Waals surface area contributed by atoms with Crippen LogP contribution in [0, 0.1) is 0 Å². The molecule has 7 nitrogen and oxygen atoms in total. The molecule has 0 saturated carbocycles. The third kappa shape index (κ3) is 6.88. The van der Waals surface area contributed by atoms with Gasteiger partial charge in [-0.2, -0.15) is 0 Å². The summed E-state index contributed by atoms with van der Waals surface area (Å²) < 4.78 is 17.5. The van der Waals surface area contributed by atoms with Crippen LogP contribution in [0.2, 0.25) is 0 Å². The van der Waals surface area contributed by atoms with Gasteiger partial charge in [-0.15, -0.1) is 0 Å². The minimum atomic E-state index is -0.614. The van der Waals surface area contributed by atoms with Crippen LogP contribution in [0.3, 0.4) is 0 Å². The molecule has 0 aliphatic carbocycles. The number of hydrogen-bond acceptors (Lipinski definition) is 7. The van der Waals surface area contributed by atoms with Gasteiger partial charge in [0.25, 0.3) is 0 Å². The highest BCUT2D eigenvalue weighted by Gasteiger charge is 2.38. The summed E-state index contributed by atoms with van der Waals surface area (Å²) in [6.45, 7) is 11.4. The molecule has 0 unspecified atom stereocenters. The molecule has 1 aromatic rings. The Bertz CT molecular complexity index is 940. The lowest BCUT2D eigenvalue weighted by molar-refractivity contribution is -0.139. The standard InChI is InChI=1S/C27H37BrN2O5/c1-5-33-26(31)23-18(3)29-19(4)24(27(32)34-6-2)25(23)20-11-12-22(21(28)17-20)35-16-15-30-13-9-7-8-10-14-30/h11-12,17,25,29H,5-10,13-16H2,1-4H3. The number of hydrogen-bond donors (Lipinski definition) is 1. The van der Waals surface area contributed by atoms with Crippen LogP contribution in [0.4, 0.5) is 0 Å². The van der Waals surface area contributed by atoms with E-state index in [4.69, 9.17) is 14.2 Å². The molecule has 1 fully saturated rings. The van der Waals surface area contributed by atoms with E-state index in [2.05, 4.69) is 26.1 Å². The molecule has 0 radical (unpaired) electrons. The molecule has 1 saturated heterocycles. The van der Waals surface area contributed by atoms with Gasteiger partial charge in [0.05, 0.1) is 34.8 Å². The maximum Gasteiger partial charge on any atom is 0.336 e. The molecule has 2 aliphatic heterocycles. The van der Waals surface area contributed by atoms with E-state index in [9.17, 15) is 9.59 Å². The summed E-state index contributed by atoms with van der Waals surface area (Å²) in [5.74, 6) is -0.789. The minimum Gasteiger partial charge on any atom is -0.491 e. The lowest BCUT2D eigenvalue weighted by Gasteiger charge is -2.30. The van der Waals surface area contributed by atoms with Crippen LogP contribution in [0.1, 0.15) is 64.9 Å². The summed E-state index contributed by atoms with van der Waals surface area (Å²) in [4.78, 5) is 28.4. The summed E-state index contributed by atoms with van der Waals surface area (Å²) in [6, 6.07) is 5.71. The summed E-state index contributed by atoms with van der Waals surface area (Å²) in [6.07, 6.45) is 5.12. The Morgan fingerprint density at radius 3 is 2.06 bits per heavy atom. The van der Waals surface area contributed by atoms with E-state index >= 15 is 0 Å². The molecule has 3 rings (SSSR count). The van der Waals surface area contributed by atoms with Gasteiger partial charge < -0.3 is 19.5 Å². The molecule has 2 heterocycles. The number of dihydropyridines is 1. The normalized spacial score (nSPS) is 17.6. The molecule has 8 heteroatoms. The maximum atomic E-state index is 13.0. The number of esters is 2. The topological polar surface area (TPSA) is 77.1 Å². The predicted octanol–water partition coefficient (Wildman–Crippen LogP) is 5.06. The summed E-state index contributed by atoms with van der Waals surface area (Å²) in [7, 11) is 0. The number of halogens is 1. The van der Waals surface area contributed by atoms with Gasteiger partial charge in [0.1, 0.15) is 12.4 Å². The minimum absolute atomic E-state index is 0.243. The molecule has 192 valence electrons.